The molecule has 24 heavy (non-hydrogen) atoms. The van der Waals surface area contributed by atoms with Crippen LogP contribution in [0.3, 0.4) is 0 Å². The Morgan fingerprint density at radius 3 is 2.71 bits per heavy atom. The van der Waals surface area contributed by atoms with Gasteiger partial charge in [-0.2, -0.15) is 0 Å². The van der Waals surface area contributed by atoms with E-state index in [0.717, 1.165) is 24.4 Å². The standard InChI is InChI=1S/C17H24N4O3/c1-18-16(21-14-9-13-7-8-15(14)24-13)19-10-11-3-5-12(6-4-11)20-17(22)23-2/h3-6,13-15H,7-10H2,1-2H3,(H,20,22)(H2,18,19,21). The molecule has 130 valence electrons. The van der Waals surface area contributed by atoms with E-state index in [-0.39, 0.29) is 0 Å². The molecule has 2 bridgehead atoms. The van der Waals surface area contributed by atoms with Crippen LogP contribution in [0.25, 0.3) is 0 Å². The highest BCUT2D eigenvalue weighted by molar-refractivity contribution is 5.84. The van der Waals surface area contributed by atoms with Crippen molar-refractivity contribution < 1.29 is 14.3 Å². The summed E-state index contributed by atoms with van der Waals surface area (Å²) in [5, 5.41) is 9.39. The molecule has 2 saturated heterocycles. The first kappa shape index (κ1) is 16.6. The number of aliphatic imine (C=N–C) groups is 1. The van der Waals surface area contributed by atoms with E-state index in [2.05, 4.69) is 25.7 Å². The van der Waals surface area contributed by atoms with E-state index < -0.39 is 6.09 Å². The lowest BCUT2D eigenvalue weighted by atomic mass is 9.96. The number of guanidine groups is 1. The second-order valence-corrected chi connectivity index (χ2v) is 6.10. The molecule has 1 aromatic carbocycles. The summed E-state index contributed by atoms with van der Waals surface area (Å²) in [6.07, 6.45) is 3.63. The number of hydrogen-bond acceptors (Lipinski definition) is 4. The number of fused-ring (bicyclic) bond motifs is 2. The molecule has 0 aromatic heterocycles. The summed E-state index contributed by atoms with van der Waals surface area (Å²) in [7, 11) is 3.11. The van der Waals surface area contributed by atoms with Crippen LogP contribution >= 0.6 is 0 Å². The Kier molecular flexibility index (Phi) is 5.20. The molecule has 7 heteroatoms. The van der Waals surface area contributed by atoms with Crippen LogP contribution in [0.4, 0.5) is 10.5 Å². The third kappa shape index (κ3) is 3.97. The Morgan fingerprint density at radius 1 is 1.33 bits per heavy atom. The first-order valence-electron chi connectivity index (χ1n) is 8.24. The molecule has 2 aliphatic heterocycles. The summed E-state index contributed by atoms with van der Waals surface area (Å²) in [4.78, 5) is 15.4. The van der Waals surface area contributed by atoms with E-state index in [1.807, 2.05) is 24.3 Å². The SMILES string of the molecule is CN=C(NCc1ccc(NC(=O)OC)cc1)NC1CC2CCC1O2. The molecule has 0 aliphatic carbocycles. The smallest absolute Gasteiger partial charge is 0.411 e. The predicted molar refractivity (Wildman–Crippen MR) is 92.1 cm³/mol. The van der Waals surface area contributed by atoms with Crippen LogP contribution in [0.2, 0.25) is 0 Å². The lowest BCUT2D eigenvalue weighted by molar-refractivity contribution is 0.0992. The maximum absolute atomic E-state index is 11.2. The fraction of sp³-hybridized carbons (Fsp3) is 0.529. The summed E-state index contributed by atoms with van der Waals surface area (Å²) in [5.74, 6) is 0.785. The normalized spacial score (nSPS) is 25.4. The molecular weight excluding hydrogens is 308 g/mol. The van der Waals surface area contributed by atoms with Gasteiger partial charge in [0.2, 0.25) is 0 Å². The van der Waals surface area contributed by atoms with Crippen LogP contribution in [0.1, 0.15) is 24.8 Å². The van der Waals surface area contributed by atoms with Gasteiger partial charge in [0, 0.05) is 19.3 Å². The molecule has 2 fully saturated rings. The lowest BCUT2D eigenvalue weighted by Crippen LogP contribution is -2.47. The van der Waals surface area contributed by atoms with Crippen molar-refractivity contribution in [2.45, 2.75) is 44.1 Å². The van der Waals surface area contributed by atoms with Crippen LogP contribution in [-0.4, -0.2) is 44.5 Å². The number of rotatable bonds is 4. The van der Waals surface area contributed by atoms with Gasteiger partial charge in [-0.1, -0.05) is 12.1 Å². The third-order valence-corrected chi connectivity index (χ3v) is 4.50. The van der Waals surface area contributed by atoms with Crippen LogP contribution in [0.15, 0.2) is 29.3 Å². The van der Waals surface area contributed by atoms with Crippen LogP contribution in [-0.2, 0) is 16.0 Å². The number of carbonyl (C=O) groups is 1. The first-order chi connectivity index (χ1) is 11.7. The van der Waals surface area contributed by atoms with Crippen LogP contribution in [0, 0.1) is 0 Å². The molecular formula is C17H24N4O3. The number of methoxy groups -OCH3 is 1. The van der Waals surface area contributed by atoms with Crippen molar-refractivity contribution >= 4 is 17.7 Å². The Balaban J connectivity index is 1.48. The van der Waals surface area contributed by atoms with Gasteiger partial charge in [-0.25, -0.2) is 4.79 Å². The van der Waals surface area contributed by atoms with Crippen molar-refractivity contribution in [1.29, 1.82) is 0 Å². The van der Waals surface area contributed by atoms with Gasteiger partial charge in [0.1, 0.15) is 0 Å². The van der Waals surface area contributed by atoms with Gasteiger partial charge in [-0.15, -0.1) is 0 Å². The molecule has 3 unspecified atom stereocenters. The van der Waals surface area contributed by atoms with Gasteiger partial charge in [-0.05, 0) is 37.0 Å². The Labute approximate surface area is 141 Å². The Morgan fingerprint density at radius 2 is 2.12 bits per heavy atom. The number of amides is 1. The van der Waals surface area contributed by atoms with E-state index in [1.165, 1.54) is 13.5 Å². The average Bonchev–Trinajstić information content (AvgIpc) is 3.22. The number of hydrogen-bond donors (Lipinski definition) is 3. The topological polar surface area (TPSA) is 84.0 Å². The minimum atomic E-state index is -0.474. The summed E-state index contributed by atoms with van der Waals surface area (Å²) in [6, 6.07) is 7.93. The van der Waals surface area contributed by atoms with Gasteiger partial charge in [-0.3, -0.25) is 10.3 Å². The fourth-order valence-corrected chi connectivity index (χ4v) is 3.22. The quantitative estimate of drug-likeness (QED) is 0.579. The maximum atomic E-state index is 11.2. The molecule has 3 N–H and O–H groups in total. The minimum absolute atomic E-state index is 0.317. The number of benzene rings is 1. The van der Waals surface area contributed by atoms with Gasteiger partial charge < -0.3 is 20.1 Å². The summed E-state index contributed by atoms with van der Waals surface area (Å²) in [6.45, 7) is 0.653. The second-order valence-electron chi connectivity index (χ2n) is 6.10. The maximum Gasteiger partial charge on any atom is 0.411 e. The zero-order chi connectivity index (χ0) is 16.9. The summed E-state index contributed by atoms with van der Waals surface area (Å²) >= 11 is 0. The molecule has 7 nitrogen and oxygen atoms in total. The highest BCUT2D eigenvalue weighted by Crippen LogP contribution is 2.34. The van der Waals surface area contributed by atoms with Gasteiger partial charge in [0.15, 0.2) is 5.96 Å². The molecule has 1 aromatic rings. The highest BCUT2D eigenvalue weighted by Gasteiger charge is 2.41. The minimum Gasteiger partial charge on any atom is -0.453 e. The molecule has 0 saturated carbocycles. The Bertz CT molecular complexity index is 602. The number of anilines is 1. The number of ether oxygens (including phenoxy) is 2. The summed E-state index contributed by atoms with van der Waals surface area (Å²) < 4.78 is 10.4. The monoisotopic (exact) mass is 332 g/mol. The largest absolute Gasteiger partial charge is 0.453 e. The zero-order valence-corrected chi connectivity index (χ0v) is 14.0. The first-order valence-corrected chi connectivity index (χ1v) is 8.24. The van der Waals surface area contributed by atoms with Gasteiger partial charge in [0.25, 0.3) is 0 Å². The van der Waals surface area contributed by atoms with E-state index in [4.69, 9.17) is 4.74 Å². The molecule has 0 spiro atoms. The van der Waals surface area contributed by atoms with Crippen molar-refractivity contribution in [3.8, 4) is 0 Å². The number of nitrogens with zero attached hydrogens (tertiary/aromatic N) is 1. The van der Waals surface area contributed by atoms with E-state index >= 15 is 0 Å². The van der Waals surface area contributed by atoms with Crippen molar-refractivity contribution in [2.24, 2.45) is 4.99 Å². The zero-order valence-electron chi connectivity index (χ0n) is 14.0. The van der Waals surface area contributed by atoms with Crippen molar-refractivity contribution in [2.75, 3.05) is 19.5 Å². The third-order valence-electron chi connectivity index (χ3n) is 4.50. The lowest BCUT2D eigenvalue weighted by Gasteiger charge is -2.22. The predicted octanol–water partition coefficient (Wildman–Crippen LogP) is 1.85. The van der Waals surface area contributed by atoms with Crippen molar-refractivity contribution in [3.63, 3.8) is 0 Å². The van der Waals surface area contributed by atoms with Crippen molar-refractivity contribution in [3.05, 3.63) is 29.8 Å². The molecule has 1 amide bonds. The molecule has 0 radical (unpaired) electrons. The summed E-state index contributed by atoms with van der Waals surface area (Å²) in [5.41, 5.74) is 1.80. The van der Waals surface area contributed by atoms with Gasteiger partial charge in [0.05, 0.1) is 25.4 Å². The number of nitrogens with one attached hydrogen (secondary N) is 3. The second kappa shape index (κ2) is 7.53. The molecule has 3 atom stereocenters. The van der Waals surface area contributed by atoms with Gasteiger partial charge >= 0.3 is 6.09 Å². The Hall–Kier alpha value is -2.28. The fourth-order valence-electron chi connectivity index (χ4n) is 3.22. The molecule has 2 heterocycles. The number of carbonyl (C=O) groups excluding carboxylic acids is 1. The van der Waals surface area contributed by atoms with Crippen molar-refractivity contribution in [1.82, 2.24) is 10.6 Å². The van der Waals surface area contributed by atoms with E-state index in [9.17, 15) is 4.79 Å². The van der Waals surface area contributed by atoms with Crippen LogP contribution in [0.5, 0.6) is 0 Å². The van der Waals surface area contributed by atoms with Crippen LogP contribution < -0.4 is 16.0 Å². The molecule has 3 rings (SSSR count). The van der Waals surface area contributed by atoms with E-state index in [0.29, 0.717) is 30.5 Å². The van der Waals surface area contributed by atoms with E-state index in [1.54, 1.807) is 7.05 Å². The average molecular weight is 332 g/mol. The molecule has 2 aliphatic rings. The highest BCUT2D eigenvalue weighted by atomic mass is 16.5.